The highest BCUT2D eigenvalue weighted by Crippen LogP contribution is 2.39. The SMILES string of the molecule is CC(=O)OC[C@@H](O[Si](C)(C)C(C)(C)C)c1ccccc1. The third kappa shape index (κ3) is 4.76. The van der Waals surface area contributed by atoms with Crippen molar-refractivity contribution in [1.29, 1.82) is 0 Å². The van der Waals surface area contributed by atoms with Crippen LogP contribution in [0, 0.1) is 0 Å². The van der Waals surface area contributed by atoms with Gasteiger partial charge in [0, 0.05) is 6.92 Å². The molecular formula is C16H26O3Si. The van der Waals surface area contributed by atoms with Gasteiger partial charge in [-0.15, -0.1) is 0 Å². The molecule has 0 saturated carbocycles. The molecule has 20 heavy (non-hydrogen) atoms. The van der Waals surface area contributed by atoms with Crippen molar-refractivity contribution in [3.05, 3.63) is 35.9 Å². The van der Waals surface area contributed by atoms with Crippen molar-refractivity contribution in [2.45, 2.75) is 51.9 Å². The summed E-state index contributed by atoms with van der Waals surface area (Å²) in [6, 6.07) is 9.96. The Morgan fingerprint density at radius 2 is 1.75 bits per heavy atom. The van der Waals surface area contributed by atoms with E-state index >= 15 is 0 Å². The van der Waals surface area contributed by atoms with Gasteiger partial charge in [0.15, 0.2) is 8.32 Å². The predicted molar refractivity (Wildman–Crippen MR) is 84.1 cm³/mol. The minimum absolute atomic E-state index is 0.121. The lowest BCUT2D eigenvalue weighted by atomic mass is 10.1. The van der Waals surface area contributed by atoms with E-state index in [1.54, 1.807) is 0 Å². The number of benzene rings is 1. The molecule has 0 aromatic heterocycles. The van der Waals surface area contributed by atoms with Crippen molar-refractivity contribution in [3.63, 3.8) is 0 Å². The number of esters is 1. The van der Waals surface area contributed by atoms with Gasteiger partial charge in [-0.2, -0.15) is 0 Å². The molecule has 0 aliphatic rings. The molecule has 0 aliphatic heterocycles. The van der Waals surface area contributed by atoms with Crippen molar-refractivity contribution >= 4 is 14.3 Å². The van der Waals surface area contributed by atoms with Gasteiger partial charge < -0.3 is 9.16 Å². The average molecular weight is 294 g/mol. The fourth-order valence-corrected chi connectivity index (χ4v) is 2.86. The average Bonchev–Trinajstić information content (AvgIpc) is 2.34. The zero-order valence-corrected chi connectivity index (χ0v) is 14.4. The van der Waals surface area contributed by atoms with Crippen molar-refractivity contribution < 1.29 is 14.0 Å². The molecule has 0 spiro atoms. The molecule has 0 fully saturated rings. The van der Waals surface area contributed by atoms with Crippen LogP contribution in [0.1, 0.15) is 39.4 Å². The van der Waals surface area contributed by atoms with Gasteiger partial charge in [-0.3, -0.25) is 4.79 Å². The highest BCUT2D eigenvalue weighted by molar-refractivity contribution is 6.74. The summed E-state index contributed by atoms with van der Waals surface area (Å²) in [5.74, 6) is -0.273. The van der Waals surface area contributed by atoms with Crippen molar-refractivity contribution in [3.8, 4) is 0 Å². The summed E-state index contributed by atoms with van der Waals surface area (Å²) in [6.07, 6.45) is -0.194. The molecule has 0 unspecified atom stereocenters. The number of hydrogen-bond acceptors (Lipinski definition) is 3. The first-order valence-electron chi connectivity index (χ1n) is 6.99. The van der Waals surface area contributed by atoms with Gasteiger partial charge >= 0.3 is 5.97 Å². The Hall–Kier alpha value is -1.13. The minimum atomic E-state index is -1.91. The Bertz CT molecular complexity index is 435. The zero-order valence-electron chi connectivity index (χ0n) is 13.4. The summed E-state index contributed by atoms with van der Waals surface area (Å²) in [7, 11) is -1.91. The molecule has 1 aromatic carbocycles. The first-order chi connectivity index (χ1) is 9.13. The molecular weight excluding hydrogens is 268 g/mol. The topological polar surface area (TPSA) is 35.5 Å². The van der Waals surface area contributed by atoms with Gasteiger partial charge in [0.2, 0.25) is 0 Å². The maximum atomic E-state index is 11.1. The molecule has 0 N–H and O–H groups in total. The van der Waals surface area contributed by atoms with Crippen LogP contribution in [0.5, 0.6) is 0 Å². The Kier molecular flexibility index (Phi) is 5.54. The summed E-state index contributed by atoms with van der Waals surface area (Å²) in [5, 5.41) is 0.121. The van der Waals surface area contributed by atoms with Crippen molar-refractivity contribution in [2.75, 3.05) is 6.61 Å². The van der Waals surface area contributed by atoms with E-state index in [0.29, 0.717) is 0 Å². The quantitative estimate of drug-likeness (QED) is 0.599. The molecule has 0 bridgehead atoms. The highest BCUT2D eigenvalue weighted by atomic mass is 28.4. The van der Waals surface area contributed by atoms with E-state index in [4.69, 9.17) is 9.16 Å². The third-order valence-corrected chi connectivity index (χ3v) is 8.34. The third-order valence-electron chi connectivity index (χ3n) is 3.85. The van der Waals surface area contributed by atoms with Gasteiger partial charge in [-0.1, -0.05) is 51.1 Å². The zero-order chi connectivity index (χ0) is 15.4. The maximum absolute atomic E-state index is 11.1. The summed E-state index contributed by atoms with van der Waals surface area (Å²) in [4.78, 5) is 11.1. The summed E-state index contributed by atoms with van der Waals surface area (Å²) in [6.45, 7) is 12.7. The van der Waals surface area contributed by atoms with Gasteiger partial charge in [0.05, 0.1) is 0 Å². The second-order valence-electron chi connectivity index (χ2n) is 6.58. The second-order valence-corrected chi connectivity index (χ2v) is 11.3. The summed E-state index contributed by atoms with van der Waals surface area (Å²) < 4.78 is 11.6. The molecule has 1 rings (SSSR count). The van der Waals surface area contributed by atoms with Crippen LogP contribution < -0.4 is 0 Å². The van der Waals surface area contributed by atoms with E-state index < -0.39 is 8.32 Å². The lowest BCUT2D eigenvalue weighted by Gasteiger charge is -2.39. The van der Waals surface area contributed by atoms with Crippen LogP contribution in [0.3, 0.4) is 0 Å². The summed E-state index contributed by atoms with van der Waals surface area (Å²) >= 11 is 0. The van der Waals surface area contributed by atoms with Crippen LogP contribution in [-0.2, 0) is 14.0 Å². The number of carbonyl (C=O) groups excluding carboxylic acids is 1. The van der Waals surface area contributed by atoms with Gasteiger partial charge in [-0.25, -0.2) is 0 Å². The Balaban J connectivity index is 2.92. The van der Waals surface area contributed by atoms with E-state index in [0.717, 1.165) is 5.56 Å². The van der Waals surface area contributed by atoms with Crippen LogP contribution in [0.2, 0.25) is 18.1 Å². The van der Waals surface area contributed by atoms with Gasteiger partial charge in [0.1, 0.15) is 12.7 Å². The van der Waals surface area contributed by atoms with E-state index in [1.807, 2.05) is 30.3 Å². The van der Waals surface area contributed by atoms with Crippen molar-refractivity contribution in [2.24, 2.45) is 0 Å². The van der Waals surface area contributed by atoms with Crippen LogP contribution >= 0.6 is 0 Å². The second kappa shape index (κ2) is 6.55. The summed E-state index contributed by atoms with van der Waals surface area (Å²) in [5.41, 5.74) is 1.05. The molecule has 0 saturated heterocycles. The first-order valence-corrected chi connectivity index (χ1v) is 9.90. The maximum Gasteiger partial charge on any atom is 0.302 e. The van der Waals surface area contributed by atoms with E-state index in [2.05, 4.69) is 33.9 Å². The van der Waals surface area contributed by atoms with Crippen LogP contribution in [-0.4, -0.2) is 20.9 Å². The smallest absolute Gasteiger partial charge is 0.302 e. The Morgan fingerprint density at radius 1 is 1.20 bits per heavy atom. The normalized spacial score (nSPS) is 13.9. The van der Waals surface area contributed by atoms with Crippen LogP contribution in [0.25, 0.3) is 0 Å². The largest absolute Gasteiger partial charge is 0.463 e. The molecule has 112 valence electrons. The molecule has 4 heteroatoms. The number of carbonyl (C=O) groups is 1. The fraction of sp³-hybridized carbons (Fsp3) is 0.562. The first kappa shape index (κ1) is 16.9. The highest BCUT2D eigenvalue weighted by Gasteiger charge is 2.39. The number of rotatable bonds is 5. The molecule has 0 amide bonds. The Morgan fingerprint density at radius 3 is 2.20 bits per heavy atom. The molecule has 0 aliphatic carbocycles. The molecule has 0 radical (unpaired) electrons. The minimum Gasteiger partial charge on any atom is -0.463 e. The molecule has 1 aromatic rings. The fourth-order valence-electron chi connectivity index (χ4n) is 1.59. The van der Waals surface area contributed by atoms with E-state index in [9.17, 15) is 4.79 Å². The predicted octanol–water partition coefficient (Wildman–Crippen LogP) is 4.31. The lowest BCUT2D eigenvalue weighted by molar-refractivity contribution is -0.143. The van der Waals surface area contributed by atoms with E-state index in [1.165, 1.54) is 6.92 Å². The lowest BCUT2D eigenvalue weighted by Crippen LogP contribution is -2.42. The standard InChI is InChI=1S/C16H26O3Si/c1-13(17)18-12-15(14-10-8-7-9-11-14)19-20(5,6)16(2,3)4/h7-11,15H,12H2,1-6H3/t15-/m1/s1. The van der Waals surface area contributed by atoms with Gasteiger partial charge in [-0.05, 0) is 23.7 Å². The van der Waals surface area contributed by atoms with Gasteiger partial charge in [0.25, 0.3) is 0 Å². The molecule has 1 atom stereocenters. The van der Waals surface area contributed by atoms with Crippen molar-refractivity contribution in [1.82, 2.24) is 0 Å². The number of ether oxygens (including phenoxy) is 1. The monoisotopic (exact) mass is 294 g/mol. The van der Waals surface area contributed by atoms with Crippen LogP contribution in [0.15, 0.2) is 30.3 Å². The van der Waals surface area contributed by atoms with Crippen LogP contribution in [0.4, 0.5) is 0 Å². The number of hydrogen-bond donors (Lipinski definition) is 0. The molecule has 0 heterocycles. The Labute approximate surface area is 123 Å². The molecule has 3 nitrogen and oxygen atoms in total. The van der Waals surface area contributed by atoms with E-state index in [-0.39, 0.29) is 23.7 Å².